The number of hydrogen-bond acceptors (Lipinski definition) is 2. The molecule has 0 unspecified atom stereocenters. The molecule has 0 amide bonds. The molecule has 1 rings (SSSR count). The summed E-state index contributed by atoms with van der Waals surface area (Å²) in [6, 6.07) is 3.88. The van der Waals surface area contributed by atoms with Crippen LogP contribution in [0.25, 0.3) is 0 Å². The van der Waals surface area contributed by atoms with Gasteiger partial charge in [0.15, 0.2) is 11.6 Å². The fourth-order valence-electron chi connectivity index (χ4n) is 1.01. The van der Waals surface area contributed by atoms with Crippen LogP contribution in [0, 0.1) is 24.1 Å². The van der Waals surface area contributed by atoms with Crippen LogP contribution < -0.4 is 4.74 Å². The number of halogens is 3. The molecule has 0 heterocycles. The van der Waals surface area contributed by atoms with E-state index in [1.54, 1.807) is 6.07 Å². The van der Waals surface area contributed by atoms with Gasteiger partial charge in [0.25, 0.3) is 0 Å². The van der Waals surface area contributed by atoms with Crippen LogP contribution >= 0.6 is 0 Å². The van der Waals surface area contributed by atoms with E-state index in [4.69, 9.17) is 5.26 Å². The fraction of sp³-hybridized carbons (Fsp3) is 0.222. The first-order valence-electron chi connectivity index (χ1n) is 3.70. The van der Waals surface area contributed by atoms with Gasteiger partial charge in [-0.1, -0.05) is 0 Å². The average Bonchev–Trinajstić information content (AvgIpc) is 2.12. The highest BCUT2D eigenvalue weighted by Gasteiger charge is 2.15. The number of rotatable bonds is 2. The van der Waals surface area contributed by atoms with Crippen LogP contribution in [0.1, 0.15) is 11.1 Å². The van der Waals surface area contributed by atoms with E-state index in [1.807, 2.05) is 0 Å². The first-order valence-corrected chi connectivity index (χ1v) is 3.70. The lowest BCUT2D eigenvalue weighted by atomic mass is 10.1. The molecule has 5 heteroatoms. The van der Waals surface area contributed by atoms with Crippen molar-refractivity contribution in [3.05, 3.63) is 29.1 Å². The van der Waals surface area contributed by atoms with Crippen LogP contribution in [0.15, 0.2) is 12.1 Å². The van der Waals surface area contributed by atoms with Gasteiger partial charge in [0.05, 0.1) is 11.6 Å². The summed E-state index contributed by atoms with van der Waals surface area (Å²) in [5.74, 6) is -1.47. The lowest BCUT2D eigenvalue weighted by Gasteiger charge is -2.09. The van der Waals surface area contributed by atoms with E-state index in [-0.39, 0.29) is 11.1 Å². The predicted molar refractivity (Wildman–Crippen MR) is 42.5 cm³/mol. The molecule has 0 atom stereocenters. The monoisotopic (exact) mass is 201 g/mol. The van der Waals surface area contributed by atoms with Gasteiger partial charge >= 0.3 is 6.61 Å². The van der Waals surface area contributed by atoms with E-state index in [0.717, 1.165) is 6.07 Å². The normalized spacial score (nSPS) is 10.0. The first-order chi connectivity index (χ1) is 6.56. The highest BCUT2D eigenvalue weighted by Crippen LogP contribution is 2.26. The van der Waals surface area contributed by atoms with Crippen molar-refractivity contribution in [1.29, 1.82) is 5.26 Å². The third-order valence-corrected chi connectivity index (χ3v) is 1.69. The van der Waals surface area contributed by atoms with Crippen LogP contribution in [0.2, 0.25) is 0 Å². The third-order valence-electron chi connectivity index (χ3n) is 1.69. The van der Waals surface area contributed by atoms with E-state index in [1.165, 1.54) is 13.0 Å². The van der Waals surface area contributed by atoms with Crippen molar-refractivity contribution in [2.45, 2.75) is 13.5 Å². The maximum absolute atomic E-state index is 13.0. The Morgan fingerprint density at radius 2 is 2.07 bits per heavy atom. The molecule has 0 N–H and O–H groups in total. The maximum Gasteiger partial charge on any atom is 0.387 e. The molecule has 0 radical (unpaired) electrons. The van der Waals surface area contributed by atoms with Gasteiger partial charge in [0.2, 0.25) is 0 Å². The minimum atomic E-state index is -3.10. The Hall–Kier alpha value is -1.70. The van der Waals surface area contributed by atoms with E-state index in [9.17, 15) is 13.2 Å². The van der Waals surface area contributed by atoms with Crippen molar-refractivity contribution in [1.82, 2.24) is 0 Å². The highest BCUT2D eigenvalue weighted by molar-refractivity contribution is 5.46. The minimum absolute atomic E-state index is 0.0767. The first kappa shape index (κ1) is 10.4. The zero-order chi connectivity index (χ0) is 10.7. The molecule has 0 aromatic heterocycles. The Morgan fingerprint density at radius 1 is 1.43 bits per heavy atom. The summed E-state index contributed by atoms with van der Waals surface area (Å²) in [7, 11) is 0. The molecule has 2 nitrogen and oxygen atoms in total. The van der Waals surface area contributed by atoms with Crippen molar-refractivity contribution < 1.29 is 17.9 Å². The van der Waals surface area contributed by atoms with Gasteiger partial charge in [-0.2, -0.15) is 14.0 Å². The third kappa shape index (κ3) is 1.96. The van der Waals surface area contributed by atoms with Gasteiger partial charge < -0.3 is 4.74 Å². The molecule has 0 aliphatic carbocycles. The second kappa shape index (κ2) is 4.01. The Bertz CT molecular complexity index is 384. The summed E-state index contributed by atoms with van der Waals surface area (Å²) in [6.45, 7) is -1.75. The summed E-state index contributed by atoms with van der Waals surface area (Å²) in [6.07, 6.45) is 0. The van der Waals surface area contributed by atoms with Crippen LogP contribution in [-0.4, -0.2) is 6.61 Å². The van der Waals surface area contributed by atoms with Gasteiger partial charge in [-0.05, 0) is 19.1 Å². The zero-order valence-electron chi connectivity index (χ0n) is 7.22. The average molecular weight is 201 g/mol. The lowest BCUT2D eigenvalue weighted by molar-refractivity contribution is -0.0526. The van der Waals surface area contributed by atoms with Crippen LogP contribution in [0.5, 0.6) is 5.75 Å². The maximum atomic E-state index is 13.0. The quantitative estimate of drug-likeness (QED) is 0.736. The molecule has 0 spiro atoms. The number of nitrogens with zero attached hydrogens (tertiary/aromatic N) is 1. The summed E-state index contributed by atoms with van der Waals surface area (Å²) in [4.78, 5) is 0. The largest absolute Gasteiger partial charge is 0.431 e. The predicted octanol–water partition coefficient (Wildman–Crippen LogP) is 2.61. The number of benzene rings is 1. The van der Waals surface area contributed by atoms with Gasteiger partial charge in [0, 0.05) is 5.56 Å². The standard InChI is InChI=1S/C9H6F3NO/c1-5-6(4-13)2-3-7(10)8(5)14-9(11)12/h2-3,9H,1H3. The van der Waals surface area contributed by atoms with Gasteiger partial charge in [0.1, 0.15) is 0 Å². The number of nitriles is 1. The van der Waals surface area contributed by atoms with Crippen molar-refractivity contribution in [2.75, 3.05) is 0 Å². The molecule has 0 saturated carbocycles. The highest BCUT2D eigenvalue weighted by atomic mass is 19.3. The van der Waals surface area contributed by atoms with Crippen LogP contribution in [-0.2, 0) is 0 Å². The van der Waals surface area contributed by atoms with E-state index >= 15 is 0 Å². The second-order valence-corrected chi connectivity index (χ2v) is 2.54. The summed E-state index contributed by atoms with van der Waals surface area (Å²) in [5.41, 5.74) is 0.190. The van der Waals surface area contributed by atoms with Crippen molar-refractivity contribution in [3.63, 3.8) is 0 Å². The van der Waals surface area contributed by atoms with E-state index in [0.29, 0.717) is 0 Å². The van der Waals surface area contributed by atoms with Crippen molar-refractivity contribution >= 4 is 0 Å². The summed E-state index contributed by atoms with van der Waals surface area (Å²) < 4.78 is 40.6. The van der Waals surface area contributed by atoms with Crippen molar-refractivity contribution in [3.8, 4) is 11.8 Å². The molecule has 0 fully saturated rings. The Kier molecular flexibility index (Phi) is 2.97. The summed E-state index contributed by atoms with van der Waals surface area (Å²) in [5, 5.41) is 8.55. The van der Waals surface area contributed by atoms with E-state index in [2.05, 4.69) is 4.74 Å². The topological polar surface area (TPSA) is 33.0 Å². The van der Waals surface area contributed by atoms with Crippen LogP contribution in [0.3, 0.4) is 0 Å². The SMILES string of the molecule is Cc1c(C#N)ccc(F)c1OC(F)F. The van der Waals surface area contributed by atoms with E-state index < -0.39 is 18.2 Å². The molecule has 0 saturated heterocycles. The number of alkyl halides is 2. The number of ether oxygens (including phenoxy) is 1. The molecular weight excluding hydrogens is 195 g/mol. The van der Waals surface area contributed by atoms with Crippen LogP contribution in [0.4, 0.5) is 13.2 Å². The molecule has 14 heavy (non-hydrogen) atoms. The molecule has 0 bridgehead atoms. The van der Waals surface area contributed by atoms with Crippen molar-refractivity contribution in [2.24, 2.45) is 0 Å². The Labute approximate surface area is 78.5 Å². The van der Waals surface area contributed by atoms with Gasteiger partial charge in [-0.3, -0.25) is 0 Å². The fourth-order valence-corrected chi connectivity index (χ4v) is 1.01. The molecule has 74 valence electrons. The van der Waals surface area contributed by atoms with Gasteiger partial charge in [-0.25, -0.2) is 4.39 Å². The second-order valence-electron chi connectivity index (χ2n) is 2.54. The number of hydrogen-bond donors (Lipinski definition) is 0. The molecular formula is C9H6F3NO. The smallest absolute Gasteiger partial charge is 0.387 e. The molecule has 1 aromatic rings. The van der Waals surface area contributed by atoms with Gasteiger partial charge in [-0.15, -0.1) is 0 Å². The minimum Gasteiger partial charge on any atom is -0.431 e. The molecule has 0 aliphatic heterocycles. The molecule has 1 aromatic carbocycles. The summed E-state index contributed by atoms with van der Waals surface area (Å²) >= 11 is 0. The lowest BCUT2D eigenvalue weighted by Crippen LogP contribution is -2.06. The Morgan fingerprint density at radius 3 is 2.57 bits per heavy atom. The zero-order valence-corrected chi connectivity index (χ0v) is 7.22. The Balaban J connectivity index is 3.20. The molecule has 0 aliphatic rings.